The number of ether oxygens (including phenoxy) is 1. The number of fused-ring (bicyclic) bond motifs is 1. The zero-order valence-corrected chi connectivity index (χ0v) is 9.65. The molecule has 0 heterocycles. The number of rotatable bonds is 4. The van der Waals surface area contributed by atoms with Crippen molar-refractivity contribution in [3.63, 3.8) is 0 Å². The van der Waals surface area contributed by atoms with Crippen molar-refractivity contribution in [1.82, 2.24) is 0 Å². The van der Waals surface area contributed by atoms with Crippen LogP contribution in [0.5, 0.6) is 5.75 Å². The van der Waals surface area contributed by atoms with Crippen LogP contribution in [-0.4, -0.2) is 17.8 Å². The highest BCUT2D eigenvalue weighted by molar-refractivity contribution is 5.40. The first-order chi connectivity index (χ1) is 7.66. The molecule has 0 amide bonds. The van der Waals surface area contributed by atoms with E-state index in [-0.39, 0.29) is 12.1 Å². The Morgan fingerprint density at radius 1 is 1.56 bits per heavy atom. The van der Waals surface area contributed by atoms with E-state index in [4.69, 9.17) is 15.6 Å². The molecule has 0 radical (unpaired) electrons. The largest absolute Gasteiger partial charge is 0.493 e. The maximum Gasteiger partial charge on any atom is 0.119 e. The highest BCUT2D eigenvalue weighted by atomic mass is 16.5. The first kappa shape index (κ1) is 11.4. The van der Waals surface area contributed by atoms with Crippen LogP contribution in [0.4, 0.5) is 0 Å². The van der Waals surface area contributed by atoms with Gasteiger partial charge >= 0.3 is 0 Å². The van der Waals surface area contributed by atoms with E-state index in [2.05, 4.69) is 12.1 Å². The standard InChI is InChI=1S/C13H19NO2/c1-9(15)6-7-16-11-3-4-12-10(8-11)2-5-13(12)14/h3-4,8-9,13,15H,2,5-7,14H2,1H3. The highest BCUT2D eigenvalue weighted by Crippen LogP contribution is 2.31. The summed E-state index contributed by atoms with van der Waals surface area (Å²) in [7, 11) is 0. The van der Waals surface area contributed by atoms with Crippen LogP contribution in [-0.2, 0) is 6.42 Å². The fraction of sp³-hybridized carbons (Fsp3) is 0.538. The normalized spacial score (nSPS) is 20.6. The Balaban J connectivity index is 1.97. The number of aliphatic hydroxyl groups excluding tert-OH is 1. The number of aryl methyl sites for hydroxylation is 1. The maximum absolute atomic E-state index is 9.12. The van der Waals surface area contributed by atoms with Crippen molar-refractivity contribution in [3.05, 3.63) is 29.3 Å². The molecule has 2 unspecified atom stereocenters. The summed E-state index contributed by atoms with van der Waals surface area (Å²) >= 11 is 0. The van der Waals surface area contributed by atoms with Crippen molar-refractivity contribution < 1.29 is 9.84 Å². The predicted molar refractivity (Wildman–Crippen MR) is 63.5 cm³/mol. The Labute approximate surface area is 96.2 Å². The molecule has 0 saturated carbocycles. The van der Waals surface area contributed by atoms with Crippen LogP contribution in [0.15, 0.2) is 18.2 Å². The molecule has 0 saturated heterocycles. The molecule has 0 spiro atoms. The number of hydrogen-bond acceptors (Lipinski definition) is 3. The summed E-state index contributed by atoms with van der Waals surface area (Å²) < 4.78 is 5.58. The van der Waals surface area contributed by atoms with Gasteiger partial charge in [0.25, 0.3) is 0 Å². The lowest BCUT2D eigenvalue weighted by molar-refractivity contribution is 0.155. The maximum atomic E-state index is 9.12. The zero-order chi connectivity index (χ0) is 11.5. The van der Waals surface area contributed by atoms with E-state index in [1.54, 1.807) is 6.92 Å². The van der Waals surface area contributed by atoms with Gasteiger partial charge in [-0.25, -0.2) is 0 Å². The van der Waals surface area contributed by atoms with Gasteiger partial charge in [-0.05, 0) is 43.0 Å². The predicted octanol–water partition coefficient (Wildman–Crippen LogP) is 1.78. The third kappa shape index (κ3) is 2.54. The monoisotopic (exact) mass is 221 g/mol. The van der Waals surface area contributed by atoms with Crippen LogP contribution in [0.2, 0.25) is 0 Å². The van der Waals surface area contributed by atoms with Crippen molar-refractivity contribution in [2.24, 2.45) is 5.73 Å². The molecule has 1 aromatic carbocycles. The molecule has 3 N–H and O–H groups in total. The van der Waals surface area contributed by atoms with E-state index in [9.17, 15) is 0 Å². The van der Waals surface area contributed by atoms with Crippen molar-refractivity contribution >= 4 is 0 Å². The Hall–Kier alpha value is -1.06. The van der Waals surface area contributed by atoms with Gasteiger partial charge < -0.3 is 15.6 Å². The van der Waals surface area contributed by atoms with Gasteiger partial charge in [0.05, 0.1) is 12.7 Å². The van der Waals surface area contributed by atoms with Gasteiger partial charge in [0.15, 0.2) is 0 Å². The van der Waals surface area contributed by atoms with Crippen LogP contribution in [0, 0.1) is 0 Å². The third-order valence-electron chi connectivity index (χ3n) is 3.04. The second-order valence-electron chi connectivity index (χ2n) is 4.49. The minimum atomic E-state index is -0.303. The van der Waals surface area contributed by atoms with Crippen LogP contribution in [0.25, 0.3) is 0 Å². The van der Waals surface area contributed by atoms with E-state index >= 15 is 0 Å². The van der Waals surface area contributed by atoms with Gasteiger partial charge in [-0.15, -0.1) is 0 Å². The smallest absolute Gasteiger partial charge is 0.119 e. The molecule has 0 aromatic heterocycles. The molecule has 1 aliphatic rings. The highest BCUT2D eigenvalue weighted by Gasteiger charge is 2.18. The van der Waals surface area contributed by atoms with Gasteiger partial charge in [0.1, 0.15) is 5.75 Å². The van der Waals surface area contributed by atoms with E-state index in [1.165, 1.54) is 11.1 Å². The molecule has 88 valence electrons. The minimum absolute atomic E-state index is 0.196. The quantitative estimate of drug-likeness (QED) is 0.815. The summed E-state index contributed by atoms with van der Waals surface area (Å²) in [5.74, 6) is 0.883. The van der Waals surface area contributed by atoms with Crippen molar-refractivity contribution in [2.45, 2.75) is 38.3 Å². The van der Waals surface area contributed by atoms with Crippen molar-refractivity contribution in [3.8, 4) is 5.75 Å². The summed E-state index contributed by atoms with van der Waals surface area (Å²) in [5.41, 5.74) is 8.52. The Morgan fingerprint density at radius 3 is 3.12 bits per heavy atom. The van der Waals surface area contributed by atoms with Gasteiger partial charge in [-0.2, -0.15) is 0 Å². The minimum Gasteiger partial charge on any atom is -0.493 e. The van der Waals surface area contributed by atoms with Crippen LogP contribution < -0.4 is 10.5 Å². The first-order valence-electron chi connectivity index (χ1n) is 5.86. The molecule has 0 aliphatic heterocycles. The van der Waals surface area contributed by atoms with Crippen molar-refractivity contribution in [2.75, 3.05) is 6.61 Å². The Bertz CT molecular complexity index is 363. The second kappa shape index (κ2) is 4.85. The van der Waals surface area contributed by atoms with Gasteiger partial charge in [-0.3, -0.25) is 0 Å². The summed E-state index contributed by atoms with van der Waals surface area (Å²) in [6.07, 6.45) is 2.44. The molecule has 0 fully saturated rings. The molecular weight excluding hydrogens is 202 g/mol. The fourth-order valence-electron chi connectivity index (χ4n) is 2.06. The SMILES string of the molecule is CC(O)CCOc1ccc2c(c1)CCC2N. The molecule has 16 heavy (non-hydrogen) atoms. The molecule has 3 heteroatoms. The lowest BCUT2D eigenvalue weighted by atomic mass is 10.1. The third-order valence-corrected chi connectivity index (χ3v) is 3.04. The van der Waals surface area contributed by atoms with E-state index < -0.39 is 0 Å². The Kier molecular flexibility index (Phi) is 3.46. The Morgan fingerprint density at radius 2 is 2.38 bits per heavy atom. The molecule has 1 aromatic rings. The van der Waals surface area contributed by atoms with Crippen molar-refractivity contribution in [1.29, 1.82) is 0 Å². The molecular formula is C13H19NO2. The summed E-state index contributed by atoms with van der Waals surface area (Å²) in [6.45, 7) is 2.33. The fourth-order valence-corrected chi connectivity index (χ4v) is 2.06. The summed E-state index contributed by atoms with van der Waals surface area (Å²) in [5, 5.41) is 9.12. The number of benzene rings is 1. The van der Waals surface area contributed by atoms with E-state index in [0.29, 0.717) is 13.0 Å². The van der Waals surface area contributed by atoms with Gasteiger partial charge in [0.2, 0.25) is 0 Å². The van der Waals surface area contributed by atoms with E-state index in [1.807, 2.05) is 6.07 Å². The zero-order valence-electron chi connectivity index (χ0n) is 9.65. The average Bonchev–Trinajstić information content (AvgIpc) is 2.60. The summed E-state index contributed by atoms with van der Waals surface area (Å²) in [6, 6.07) is 6.29. The first-order valence-corrected chi connectivity index (χ1v) is 5.86. The molecule has 0 bridgehead atoms. The number of aliphatic hydroxyl groups is 1. The van der Waals surface area contributed by atoms with Gasteiger partial charge in [-0.1, -0.05) is 6.07 Å². The lowest BCUT2D eigenvalue weighted by Crippen LogP contribution is -2.08. The van der Waals surface area contributed by atoms with Gasteiger partial charge in [0, 0.05) is 12.5 Å². The summed E-state index contributed by atoms with van der Waals surface area (Å²) in [4.78, 5) is 0. The number of hydrogen-bond donors (Lipinski definition) is 2. The molecule has 3 nitrogen and oxygen atoms in total. The lowest BCUT2D eigenvalue weighted by Gasteiger charge is -2.10. The topological polar surface area (TPSA) is 55.5 Å². The number of nitrogens with two attached hydrogens (primary N) is 1. The molecule has 2 atom stereocenters. The second-order valence-corrected chi connectivity index (χ2v) is 4.49. The van der Waals surface area contributed by atoms with E-state index in [0.717, 1.165) is 18.6 Å². The van der Waals surface area contributed by atoms with Crippen LogP contribution in [0.3, 0.4) is 0 Å². The average molecular weight is 221 g/mol. The van der Waals surface area contributed by atoms with Crippen LogP contribution in [0.1, 0.15) is 36.9 Å². The molecule has 2 rings (SSSR count). The molecule has 1 aliphatic carbocycles. The van der Waals surface area contributed by atoms with Crippen LogP contribution >= 0.6 is 0 Å².